The molecule has 1 aromatic heterocycles. The van der Waals surface area contributed by atoms with Gasteiger partial charge in [0.1, 0.15) is 0 Å². The average molecular weight is 304 g/mol. The molecule has 0 aromatic carbocycles. The number of hydrogen-bond acceptors (Lipinski definition) is 6. The molecule has 2 saturated heterocycles. The minimum absolute atomic E-state index is 0.339. The summed E-state index contributed by atoms with van der Waals surface area (Å²) in [5.41, 5.74) is 0.193. The zero-order valence-corrected chi connectivity index (χ0v) is 14.2. The van der Waals surface area contributed by atoms with Crippen LogP contribution < -0.4 is 10.4 Å². The number of piperazine rings is 1. The van der Waals surface area contributed by atoms with Crippen LogP contribution in [-0.4, -0.2) is 66.4 Å². The molecule has 2 aliphatic heterocycles. The van der Waals surface area contributed by atoms with E-state index in [1.165, 1.54) is 0 Å². The Morgan fingerprint density at radius 3 is 1.95 bits per heavy atom. The van der Waals surface area contributed by atoms with E-state index in [0.717, 1.165) is 37.6 Å². The van der Waals surface area contributed by atoms with Gasteiger partial charge in [0.25, 0.3) is 0 Å². The normalized spacial score (nSPS) is 24.8. The van der Waals surface area contributed by atoms with Crippen molar-refractivity contribution in [3.05, 3.63) is 12.4 Å². The van der Waals surface area contributed by atoms with Gasteiger partial charge in [-0.05, 0) is 34.7 Å². The third kappa shape index (κ3) is 2.85. The summed E-state index contributed by atoms with van der Waals surface area (Å²) in [7, 11) is 1.74. The minimum atomic E-state index is -0.397. The molecule has 22 heavy (non-hydrogen) atoms. The van der Waals surface area contributed by atoms with E-state index in [1.54, 1.807) is 0 Å². The molecule has 0 atom stereocenters. The van der Waals surface area contributed by atoms with Crippen molar-refractivity contribution in [3.63, 3.8) is 0 Å². The van der Waals surface area contributed by atoms with E-state index in [4.69, 9.17) is 9.31 Å². The number of nitrogens with zero attached hydrogens (tertiary/aromatic N) is 4. The molecule has 0 unspecified atom stereocenters. The van der Waals surface area contributed by atoms with Crippen molar-refractivity contribution in [1.82, 2.24) is 14.9 Å². The molecule has 0 bridgehead atoms. The van der Waals surface area contributed by atoms with Gasteiger partial charge < -0.3 is 19.1 Å². The Morgan fingerprint density at radius 1 is 0.955 bits per heavy atom. The first-order valence-electron chi connectivity index (χ1n) is 7.90. The van der Waals surface area contributed by atoms with Crippen molar-refractivity contribution < 1.29 is 9.31 Å². The average Bonchev–Trinajstić information content (AvgIpc) is 2.68. The first kappa shape index (κ1) is 15.7. The summed E-state index contributed by atoms with van der Waals surface area (Å²) in [5.74, 6) is 0.786. The van der Waals surface area contributed by atoms with E-state index < -0.39 is 7.12 Å². The molecule has 0 radical (unpaired) electrons. The molecule has 1 aromatic rings. The summed E-state index contributed by atoms with van der Waals surface area (Å²) in [6.07, 6.45) is 3.64. The Bertz CT molecular complexity index is 511. The first-order chi connectivity index (χ1) is 10.3. The maximum atomic E-state index is 6.03. The van der Waals surface area contributed by atoms with Crippen LogP contribution in [0.15, 0.2) is 12.4 Å². The highest BCUT2D eigenvalue weighted by atomic mass is 16.7. The quantitative estimate of drug-likeness (QED) is 0.743. The second-order valence-electron chi connectivity index (χ2n) is 7.19. The van der Waals surface area contributed by atoms with Crippen molar-refractivity contribution in [2.75, 3.05) is 38.1 Å². The summed E-state index contributed by atoms with van der Waals surface area (Å²) in [5, 5.41) is 0. The molecule has 0 N–H and O–H groups in total. The van der Waals surface area contributed by atoms with Gasteiger partial charge in [-0.3, -0.25) is 0 Å². The fourth-order valence-electron chi connectivity index (χ4n) is 2.60. The van der Waals surface area contributed by atoms with E-state index in [1.807, 2.05) is 40.1 Å². The molecule has 3 heterocycles. The highest BCUT2D eigenvalue weighted by Crippen LogP contribution is 2.36. The smallest absolute Gasteiger partial charge is 0.399 e. The lowest BCUT2D eigenvalue weighted by molar-refractivity contribution is 0.00578. The fraction of sp³-hybridized carbons (Fsp3) is 0.733. The molecular weight excluding hydrogens is 279 g/mol. The molecule has 7 heteroatoms. The van der Waals surface area contributed by atoms with Crippen molar-refractivity contribution in [1.29, 1.82) is 0 Å². The van der Waals surface area contributed by atoms with Gasteiger partial charge >= 0.3 is 7.12 Å². The summed E-state index contributed by atoms with van der Waals surface area (Å²) in [4.78, 5) is 13.5. The van der Waals surface area contributed by atoms with Crippen LogP contribution in [-0.2, 0) is 9.31 Å². The van der Waals surface area contributed by atoms with E-state index in [9.17, 15) is 0 Å². The number of rotatable bonds is 2. The van der Waals surface area contributed by atoms with Crippen LogP contribution in [0, 0.1) is 0 Å². The maximum absolute atomic E-state index is 6.03. The van der Waals surface area contributed by atoms with Gasteiger partial charge in [0.2, 0.25) is 5.95 Å². The molecule has 2 aliphatic rings. The Kier molecular flexibility index (Phi) is 3.91. The van der Waals surface area contributed by atoms with E-state index in [0.29, 0.717) is 0 Å². The van der Waals surface area contributed by atoms with Gasteiger partial charge in [-0.15, -0.1) is 0 Å². The summed E-state index contributed by atoms with van der Waals surface area (Å²) >= 11 is 0. The maximum Gasteiger partial charge on any atom is 0.498 e. The second-order valence-corrected chi connectivity index (χ2v) is 7.19. The molecule has 6 nitrogen and oxygen atoms in total. The van der Waals surface area contributed by atoms with Crippen LogP contribution in [0.3, 0.4) is 0 Å². The Morgan fingerprint density at radius 2 is 1.45 bits per heavy atom. The molecule has 0 saturated carbocycles. The van der Waals surface area contributed by atoms with Gasteiger partial charge in [-0.2, -0.15) is 0 Å². The molecule has 120 valence electrons. The number of aromatic nitrogens is 2. The van der Waals surface area contributed by atoms with Gasteiger partial charge in [0.15, 0.2) is 0 Å². The highest BCUT2D eigenvalue weighted by Gasteiger charge is 2.51. The Balaban J connectivity index is 1.70. The van der Waals surface area contributed by atoms with Gasteiger partial charge in [-0.25, -0.2) is 9.97 Å². The molecule has 0 amide bonds. The van der Waals surface area contributed by atoms with Crippen molar-refractivity contribution in [2.24, 2.45) is 0 Å². The van der Waals surface area contributed by atoms with E-state index in [2.05, 4.69) is 26.8 Å². The van der Waals surface area contributed by atoms with Gasteiger partial charge in [-0.1, -0.05) is 0 Å². The van der Waals surface area contributed by atoms with Crippen LogP contribution in [0.1, 0.15) is 27.7 Å². The van der Waals surface area contributed by atoms with Crippen LogP contribution in [0.5, 0.6) is 0 Å². The lowest BCUT2D eigenvalue weighted by Gasteiger charge is -2.32. The van der Waals surface area contributed by atoms with E-state index in [-0.39, 0.29) is 11.2 Å². The van der Waals surface area contributed by atoms with Crippen LogP contribution in [0.4, 0.5) is 5.95 Å². The lowest BCUT2D eigenvalue weighted by atomic mass is 9.81. The Labute approximate surface area is 133 Å². The second kappa shape index (κ2) is 5.47. The predicted octanol–water partition coefficient (Wildman–Crippen LogP) is 0.528. The monoisotopic (exact) mass is 304 g/mol. The molecule has 0 spiro atoms. The largest absolute Gasteiger partial charge is 0.498 e. The number of likely N-dealkylation sites (N-methyl/N-ethyl adjacent to an activating group) is 1. The standard InChI is InChI=1S/C15H25BN4O2/c1-14(2)15(3,4)22-16(21-14)12-10-17-13(18-11-12)20-8-6-19(5)7-9-20/h10-11H,6-9H2,1-5H3. The minimum Gasteiger partial charge on any atom is -0.399 e. The lowest BCUT2D eigenvalue weighted by Crippen LogP contribution is -2.45. The van der Waals surface area contributed by atoms with Gasteiger partial charge in [0.05, 0.1) is 11.2 Å². The summed E-state index contributed by atoms with van der Waals surface area (Å²) < 4.78 is 12.1. The zero-order chi connectivity index (χ0) is 16.0. The van der Waals surface area contributed by atoms with Crippen LogP contribution in [0.2, 0.25) is 0 Å². The summed E-state index contributed by atoms with van der Waals surface area (Å²) in [6.45, 7) is 12.2. The number of anilines is 1. The Hall–Kier alpha value is -1.18. The van der Waals surface area contributed by atoms with Crippen LogP contribution >= 0.6 is 0 Å². The third-order valence-corrected chi connectivity index (χ3v) is 4.97. The third-order valence-electron chi connectivity index (χ3n) is 4.97. The SMILES string of the molecule is CN1CCN(c2ncc(B3OC(C)(C)C(C)(C)O3)cn2)CC1. The highest BCUT2D eigenvalue weighted by molar-refractivity contribution is 6.61. The van der Waals surface area contributed by atoms with Crippen molar-refractivity contribution in [2.45, 2.75) is 38.9 Å². The molecule has 3 rings (SSSR count). The fourth-order valence-corrected chi connectivity index (χ4v) is 2.60. The molecule has 0 aliphatic carbocycles. The van der Waals surface area contributed by atoms with E-state index >= 15 is 0 Å². The topological polar surface area (TPSA) is 50.7 Å². The van der Waals surface area contributed by atoms with Crippen molar-refractivity contribution >= 4 is 18.5 Å². The molecular formula is C15H25BN4O2. The predicted molar refractivity (Wildman–Crippen MR) is 87.5 cm³/mol. The summed E-state index contributed by atoms with van der Waals surface area (Å²) in [6, 6.07) is 0. The zero-order valence-electron chi connectivity index (χ0n) is 14.2. The van der Waals surface area contributed by atoms with Crippen molar-refractivity contribution in [3.8, 4) is 0 Å². The molecule has 2 fully saturated rings. The van der Waals surface area contributed by atoms with Gasteiger partial charge in [0, 0.05) is 44.0 Å². The number of hydrogen-bond donors (Lipinski definition) is 0. The van der Waals surface area contributed by atoms with Crippen LogP contribution in [0.25, 0.3) is 0 Å². The first-order valence-corrected chi connectivity index (χ1v) is 7.90.